The van der Waals surface area contributed by atoms with Crippen molar-refractivity contribution in [2.75, 3.05) is 6.54 Å². The number of nitrogens with one attached hydrogen (secondary N) is 2. The lowest BCUT2D eigenvalue weighted by Crippen LogP contribution is -2.45. The van der Waals surface area contributed by atoms with Crippen molar-refractivity contribution in [2.24, 2.45) is 0 Å². The van der Waals surface area contributed by atoms with Crippen molar-refractivity contribution < 1.29 is 14.7 Å². The van der Waals surface area contributed by atoms with Crippen LogP contribution in [0.4, 0.5) is 0 Å². The minimum atomic E-state index is -1.12. The van der Waals surface area contributed by atoms with Gasteiger partial charge in [0.2, 0.25) is 0 Å². The van der Waals surface area contributed by atoms with E-state index in [2.05, 4.69) is 10.6 Å². The highest BCUT2D eigenvalue weighted by molar-refractivity contribution is 6.35. The van der Waals surface area contributed by atoms with Crippen molar-refractivity contribution in [1.29, 1.82) is 0 Å². The zero-order chi connectivity index (χ0) is 17.9. The maximum absolute atomic E-state index is 12.0. The van der Waals surface area contributed by atoms with Gasteiger partial charge in [0.15, 0.2) is 0 Å². The SMILES string of the molecule is O=C(NCc1ccc(Cl)cc1)C(=O)NCC1(O)CCc2ccccc21. The van der Waals surface area contributed by atoms with Crippen molar-refractivity contribution in [2.45, 2.75) is 25.0 Å². The van der Waals surface area contributed by atoms with Crippen LogP contribution in [-0.4, -0.2) is 23.5 Å². The van der Waals surface area contributed by atoms with Crippen LogP contribution < -0.4 is 10.6 Å². The number of amides is 2. The minimum absolute atomic E-state index is 0.0111. The minimum Gasteiger partial charge on any atom is -0.383 e. The molecule has 2 amide bonds. The van der Waals surface area contributed by atoms with Crippen LogP contribution in [0.2, 0.25) is 5.02 Å². The third-order valence-corrected chi connectivity index (χ3v) is 4.69. The molecule has 0 saturated heterocycles. The average Bonchev–Trinajstić information content (AvgIpc) is 2.97. The lowest BCUT2D eigenvalue weighted by atomic mass is 9.96. The Labute approximate surface area is 151 Å². The fraction of sp³-hybridized carbons (Fsp3) is 0.263. The highest BCUT2D eigenvalue weighted by Gasteiger charge is 2.36. The van der Waals surface area contributed by atoms with Crippen LogP contribution in [0.25, 0.3) is 0 Å². The first-order chi connectivity index (χ1) is 12.0. The summed E-state index contributed by atoms with van der Waals surface area (Å²) in [5.41, 5.74) is 1.61. The van der Waals surface area contributed by atoms with Gasteiger partial charge in [-0.05, 0) is 41.7 Å². The van der Waals surface area contributed by atoms with Gasteiger partial charge in [-0.3, -0.25) is 9.59 Å². The van der Waals surface area contributed by atoms with E-state index in [1.165, 1.54) is 0 Å². The summed E-state index contributed by atoms with van der Waals surface area (Å²) in [6.07, 6.45) is 1.28. The Bertz CT molecular complexity index is 792. The lowest BCUT2D eigenvalue weighted by molar-refractivity contribution is -0.140. The van der Waals surface area contributed by atoms with Crippen LogP contribution in [0.15, 0.2) is 48.5 Å². The summed E-state index contributed by atoms with van der Waals surface area (Å²) >= 11 is 5.80. The van der Waals surface area contributed by atoms with Gasteiger partial charge in [-0.1, -0.05) is 48.0 Å². The third kappa shape index (κ3) is 4.00. The predicted octanol–water partition coefficient (Wildman–Crippen LogP) is 1.91. The van der Waals surface area contributed by atoms with E-state index < -0.39 is 17.4 Å². The molecule has 6 heteroatoms. The van der Waals surface area contributed by atoms with E-state index in [9.17, 15) is 14.7 Å². The second-order valence-corrected chi connectivity index (χ2v) is 6.62. The summed E-state index contributed by atoms with van der Waals surface area (Å²) in [4.78, 5) is 23.9. The molecule has 1 aliphatic carbocycles. The van der Waals surface area contributed by atoms with E-state index in [1.807, 2.05) is 24.3 Å². The van der Waals surface area contributed by atoms with Crippen LogP contribution in [0.1, 0.15) is 23.1 Å². The highest BCUT2D eigenvalue weighted by Crippen LogP contribution is 2.36. The van der Waals surface area contributed by atoms with Gasteiger partial charge in [0.1, 0.15) is 5.60 Å². The Morgan fingerprint density at radius 3 is 2.48 bits per heavy atom. The Morgan fingerprint density at radius 2 is 1.72 bits per heavy atom. The topological polar surface area (TPSA) is 78.4 Å². The lowest BCUT2D eigenvalue weighted by Gasteiger charge is -2.24. The van der Waals surface area contributed by atoms with Crippen LogP contribution in [0.3, 0.4) is 0 Å². The third-order valence-electron chi connectivity index (χ3n) is 4.44. The number of carbonyl (C=O) groups is 2. The van der Waals surface area contributed by atoms with E-state index in [0.717, 1.165) is 23.1 Å². The number of fused-ring (bicyclic) bond motifs is 1. The Hall–Kier alpha value is -2.37. The van der Waals surface area contributed by atoms with Crippen LogP contribution in [0, 0.1) is 0 Å². The van der Waals surface area contributed by atoms with Gasteiger partial charge in [0.05, 0.1) is 6.54 Å². The smallest absolute Gasteiger partial charge is 0.309 e. The van der Waals surface area contributed by atoms with Crippen molar-refractivity contribution in [1.82, 2.24) is 10.6 Å². The van der Waals surface area contributed by atoms with Crippen LogP contribution in [-0.2, 0) is 28.2 Å². The molecule has 3 N–H and O–H groups in total. The molecular weight excluding hydrogens is 340 g/mol. The number of aryl methyl sites for hydroxylation is 1. The maximum atomic E-state index is 12.0. The monoisotopic (exact) mass is 358 g/mol. The largest absolute Gasteiger partial charge is 0.383 e. The van der Waals surface area contributed by atoms with Crippen LogP contribution in [0.5, 0.6) is 0 Å². The quantitative estimate of drug-likeness (QED) is 0.730. The number of carbonyl (C=O) groups excluding carboxylic acids is 2. The van der Waals surface area contributed by atoms with Crippen molar-refractivity contribution in [3.8, 4) is 0 Å². The zero-order valence-corrected chi connectivity index (χ0v) is 14.3. The highest BCUT2D eigenvalue weighted by atomic mass is 35.5. The number of hydrogen-bond donors (Lipinski definition) is 3. The summed E-state index contributed by atoms with van der Waals surface area (Å²) in [5.74, 6) is -1.49. The first-order valence-corrected chi connectivity index (χ1v) is 8.47. The molecule has 2 aromatic rings. The molecule has 0 heterocycles. The van der Waals surface area contributed by atoms with E-state index in [-0.39, 0.29) is 13.1 Å². The fourth-order valence-corrected chi connectivity index (χ4v) is 3.15. The van der Waals surface area contributed by atoms with Crippen molar-refractivity contribution in [3.05, 3.63) is 70.2 Å². The molecule has 0 aromatic heterocycles. The summed E-state index contributed by atoms with van der Waals surface area (Å²) < 4.78 is 0. The summed E-state index contributed by atoms with van der Waals surface area (Å²) in [6.45, 7) is 0.244. The Balaban J connectivity index is 1.52. The molecule has 0 saturated carbocycles. The van der Waals surface area contributed by atoms with E-state index in [0.29, 0.717) is 11.4 Å². The molecule has 1 aliphatic rings. The van der Waals surface area contributed by atoms with Crippen molar-refractivity contribution >= 4 is 23.4 Å². The van der Waals surface area contributed by atoms with E-state index >= 15 is 0 Å². The van der Waals surface area contributed by atoms with Gasteiger partial charge < -0.3 is 15.7 Å². The Morgan fingerprint density at radius 1 is 1.04 bits per heavy atom. The summed E-state index contributed by atoms with van der Waals surface area (Å²) in [6, 6.07) is 14.6. The van der Waals surface area contributed by atoms with Gasteiger partial charge in [0, 0.05) is 11.6 Å². The van der Waals surface area contributed by atoms with Crippen LogP contribution >= 0.6 is 11.6 Å². The molecule has 0 aliphatic heterocycles. The van der Waals surface area contributed by atoms with Gasteiger partial charge in [-0.25, -0.2) is 0 Å². The molecule has 0 bridgehead atoms. The Kier molecular flexibility index (Phi) is 5.06. The molecule has 2 aromatic carbocycles. The van der Waals surface area contributed by atoms with Gasteiger partial charge in [0.25, 0.3) is 0 Å². The van der Waals surface area contributed by atoms with Gasteiger partial charge in [-0.2, -0.15) is 0 Å². The average molecular weight is 359 g/mol. The van der Waals surface area contributed by atoms with Gasteiger partial charge >= 0.3 is 11.8 Å². The second-order valence-electron chi connectivity index (χ2n) is 6.18. The van der Waals surface area contributed by atoms with E-state index in [1.54, 1.807) is 24.3 Å². The number of aliphatic hydroxyl groups is 1. The number of benzene rings is 2. The first-order valence-electron chi connectivity index (χ1n) is 8.09. The van der Waals surface area contributed by atoms with E-state index in [4.69, 9.17) is 11.6 Å². The molecule has 130 valence electrons. The number of rotatable bonds is 4. The number of halogens is 1. The number of hydrogen-bond acceptors (Lipinski definition) is 3. The van der Waals surface area contributed by atoms with Gasteiger partial charge in [-0.15, -0.1) is 0 Å². The van der Waals surface area contributed by atoms with Crippen molar-refractivity contribution in [3.63, 3.8) is 0 Å². The maximum Gasteiger partial charge on any atom is 0.309 e. The molecule has 5 nitrogen and oxygen atoms in total. The molecule has 0 radical (unpaired) electrons. The molecule has 1 atom stereocenters. The molecule has 3 rings (SSSR count). The summed E-state index contributed by atoms with van der Waals surface area (Å²) in [5, 5.41) is 16.4. The molecule has 0 spiro atoms. The molecule has 0 fully saturated rings. The standard InChI is InChI=1S/C19H19ClN2O3/c20-15-7-5-13(6-8-15)11-21-17(23)18(24)22-12-19(25)10-9-14-3-1-2-4-16(14)19/h1-8,25H,9-12H2,(H,21,23)(H,22,24). The molecule has 25 heavy (non-hydrogen) atoms. The molecule has 1 unspecified atom stereocenters. The molecular formula is C19H19ClN2O3. The zero-order valence-electron chi connectivity index (χ0n) is 13.6. The first kappa shape index (κ1) is 17.5. The summed E-state index contributed by atoms with van der Waals surface area (Å²) in [7, 11) is 0. The second kappa shape index (κ2) is 7.25. The normalized spacial score (nSPS) is 18.5. The predicted molar refractivity (Wildman–Crippen MR) is 95.0 cm³/mol. The fourth-order valence-electron chi connectivity index (χ4n) is 3.02.